The van der Waals surface area contributed by atoms with E-state index < -0.39 is 17.7 Å². The molecule has 0 aliphatic carbocycles. The largest absolute Gasteiger partial charge is 0.417 e. The normalized spacial score (nSPS) is 20.8. The fourth-order valence-corrected chi connectivity index (χ4v) is 2.52. The van der Waals surface area contributed by atoms with Crippen molar-refractivity contribution in [3.05, 3.63) is 34.3 Å². The molecule has 2 aromatic rings. The third-order valence-corrected chi connectivity index (χ3v) is 3.55. The second-order valence-electron chi connectivity index (χ2n) is 4.85. The fraction of sp³-hybridized carbons (Fsp3) is 0.462. The minimum atomic E-state index is -2.96. The average molecular weight is 268 g/mol. The Balaban J connectivity index is 1.99. The van der Waals surface area contributed by atoms with Gasteiger partial charge in [-0.05, 0) is 37.6 Å². The van der Waals surface area contributed by atoms with Crippen LogP contribution in [0.5, 0.6) is 0 Å². The number of aromatic nitrogens is 1. The number of oxazole rings is 1. The Morgan fingerprint density at radius 1 is 1.32 bits per heavy atom. The van der Waals surface area contributed by atoms with Gasteiger partial charge in [0.25, 0.3) is 5.92 Å². The maximum absolute atomic E-state index is 14.4. The molecule has 3 rings (SSSR count). The molecule has 0 bridgehead atoms. The van der Waals surface area contributed by atoms with Crippen LogP contribution in [0.15, 0.2) is 27.4 Å². The molecule has 1 aromatic carbocycles. The van der Waals surface area contributed by atoms with Crippen molar-refractivity contribution in [1.82, 2.24) is 10.3 Å². The Morgan fingerprint density at radius 3 is 2.89 bits per heavy atom. The van der Waals surface area contributed by atoms with E-state index in [2.05, 4.69) is 10.3 Å². The van der Waals surface area contributed by atoms with Gasteiger partial charge in [0.2, 0.25) is 0 Å². The second kappa shape index (κ2) is 4.45. The summed E-state index contributed by atoms with van der Waals surface area (Å²) < 4.78 is 33.6. The summed E-state index contributed by atoms with van der Waals surface area (Å²) in [6, 6.07) is 3.16. The van der Waals surface area contributed by atoms with Gasteiger partial charge < -0.3 is 9.73 Å². The molecule has 19 heavy (non-hydrogen) atoms. The van der Waals surface area contributed by atoms with Gasteiger partial charge in [-0.1, -0.05) is 6.42 Å². The van der Waals surface area contributed by atoms with Crippen molar-refractivity contribution in [2.75, 3.05) is 6.54 Å². The lowest BCUT2D eigenvalue weighted by Crippen LogP contribution is -2.45. The highest BCUT2D eigenvalue weighted by atomic mass is 19.3. The second-order valence-corrected chi connectivity index (χ2v) is 4.85. The molecule has 2 N–H and O–H groups in total. The van der Waals surface area contributed by atoms with Crippen LogP contribution < -0.4 is 11.1 Å². The number of nitrogens with one attached hydrogen (secondary N) is 2. The van der Waals surface area contributed by atoms with Crippen molar-refractivity contribution in [2.24, 2.45) is 0 Å². The van der Waals surface area contributed by atoms with Crippen molar-refractivity contribution < 1.29 is 13.2 Å². The van der Waals surface area contributed by atoms with Crippen LogP contribution in [0.4, 0.5) is 8.78 Å². The molecule has 1 saturated heterocycles. The van der Waals surface area contributed by atoms with Crippen LogP contribution in [0.25, 0.3) is 11.1 Å². The van der Waals surface area contributed by atoms with Gasteiger partial charge in [0.05, 0.1) is 11.6 Å². The summed E-state index contributed by atoms with van der Waals surface area (Å²) in [6.45, 7) is 0.616. The molecule has 0 radical (unpaired) electrons. The van der Waals surface area contributed by atoms with E-state index in [-0.39, 0.29) is 5.56 Å². The molecular formula is C13H14F2N2O2. The van der Waals surface area contributed by atoms with E-state index in [1.165, 1.54) is 18.2 Å². The topological polar surface area (TPSA) is 58.0 Å². The van der Waals surface area contributed by atoms with Crippen molar-refractivity contribution >= 4 is 11.1 Å². The first kappa shape index (κ1) is 12.3. The number of aromatic amines is 1. The van der Waals surface area contributed by atoms with Crippen LogP contribution in [0.3, 0.4) is 0 Å². The summed E-state index contributed by atoms with van der Waals surface area (Å²) >= 11 is 0. The quantitative estimate of drug-likeness (QED) is 0.879. The molecule has 0 amide bonds. The molecule has 4 nitrogen and oxygen atoms in total. The van der Waals surface area contributed by atoms with Gasteiger partial charge in [0.1, 0.15) is 0 Å². The van der Waals surface area contributed by atoms with E-state index >= 15 is 0 Å². The molecule has 1 aliphatic heterocycles. The predicted octanol–water partition coefficient (Wildman–Crippen LogP) is 2.36. The number of H-pyrrole nitrogens is 1. The van der Waals surface area contributed by atoms with E-state index in [1.54, 1.807) is 0 Å². The SMILES string of the molecule is O=c1[nH]c2cc(C(F)(F)C3CCCCN3)ccc2o1. The van der Waals surface area contributed by atoms with Gasteiger partial charge in [-0.2, -0.15) is 8.78 Å². The predicted molar refractivity (Wildman–Crippen MR) is 66.4 cm³/mol. The van der Waals surface area contributed by atoms with Crippen molar-refractivity contribution in [2.45, 2.75) is 31.2 Å². The van der Waals surface area contributed by atoms with Crippen molar-refractivity contribution in [3.63, 3.8) is 0 Å². The third-order valence-electron chi connectivity index (χ3n) is 3.55. The first-order valence-corrected chi connectivity index (χ1v) is 6.32. The molecule has 1 aliphatic rings. The minimum absolute atomic E-state index is 0.101. The lowest BCUT2D eigenvalue weighted by atomic mass is 9.94. The molecule has 0 spiro atoms. The van der Waals surface area contributed by atoms with Gasteiger partial charge >= 0.3 is 5.76 Å². The van der Waals surface area contributed by atoms with Gasteiger partial charge in [-0.15, -0.1) is 0 Å². The molecule has 102 valence electrons. The number of halogens is 2. The van der Waals surface area contributed by atoms with Crippen molar-refractivity contribution in [3.8, 4) is 0 Å². The Labute approximate surface area is 107 Å². The average Bonchev–Trinajstić information content (AvgIpc) is 2.78. The Morgan fingerprint density at radius 2 is 2.16 bits per heavy atom. The number of hydrogen-bond acceptors (Lipinski definition) is 3. The van der Waals surface area contributed by atoms with Gasteiger partial charge in [0, 0.05) is 5.56 Å². The van der Waals surface area contributed by atoms with E-state index in [1.807, 2.05) is 0 Å². The number of benzene rings is 1. The van der Waals surface area contributed by atoms with Crippen LogP contribution in [-0.4, -0.2) is 17.6 Å². The monoisotopic (exact) mass is 268 g/mol. The number of rotatable bonds is 2. The lowest BCUT2D eigenvalue weighted by molar-refractivity contribution is -0.0511. The lowest BCUT2D eigenvalue weighted by Gasteiger charge is -2.31. The van der Waals surface area contributed by atoms with Crippen LogP contribution in [-0.2, 0) is 5.92 Å². The fourth-order valence-electron chi connectivity index (χ4n) is 2.52. The standard InChI is InChI=1S/C13H14F2N2O2/c14-13(15,11-3-1-2-6-16-11)8-4-5-10-9(7-8)17-12(18)19-10/h4-5,7,11,16H,1-3,6H2,(H,17,18). The highest BCUT2D eigenvalue weighted by molar-refractivity contribution is 5.73. The van der Waals surface area contributed by atoms with Gasteiger partial charge in [0.15, 0.2) is 5.58 Å². The van der Waals surface area contributed by atoms with E-state index in [0.717, 1.165) is 12.8 Å². The maximum atomic E-state index is 14.4. The summed E-state index contributed by atoms with van der Waals surface area (Å²) in [4.78, 5) is 13.4. The molecule has 1 fully saturated rings. The number of alkyl halides is 2. The summed E-state index contributed by atoms with van der Waals surface area (Å²) in [7, 11) is 0. The molecule has 2 heterocycles. The van der Waals surface area contributed by atoms with Gasteiger partial charge in [-0.25, -0.2) is 4.79 Å². The van der Waals surface area contributed by atoms with E-state index in [0.29, 0.717) is 24.1 Å². The first-order valence-electron chi connectivity index (χ1n) is 6.32. The smallest absolute Gasteiger partial charge is 0.408 e. The summed E-state index contributed by atoms with van der Waals surface area (Å²) in [6.07, 6.45) is 2.19. The summed E-state index contributed by atoms with van der Waals surface area (Å²) in [5.41, 5.74) is 0.496. The highest BCUT2D eigenvalue weighted by Gasteiger charge is 2.41. The number of fused-ring (bicyclic) bond motifs is 1. The molecule has 1 aromatic heterocycles. The zero-order valence-corrected chi connectivity index (χ0v) is 10.2. The first-order chi connectivity index (χ1) is 9.07. The molecule has 0 saturated carbocycles. The minimum Gasteiger partial charge on any atom is -0.408 e. The Hall–Kier alpha value is -1.69. The molecular weight excluding hydrogens is 254 g/mol. The molecule has 1 unspecified atom stereocenters. The van der Waals surface area contributed by atoms with Crippen molar-refractivity contribution in [1.29, 1.82) is 0 Å². The van der Waals surface area contributed by atoms with Gasteiger partial charge in [-0.3, -0.25) is 4.98 Å². The third kappa shape index (κ3) is 2.16. The zero-order chi connectivity index (χ0) is 13.5. The molecule has 1 atom stereocenters. The van der Waals surface area contributed by atoms with E-state index in [9.17, 15) is 13.6 Å². The maximum Gasteiger partial charge on any atom is 0.417 e. The number of piperidine rings is 1. The Kier molecular flexibility index (Phi) is 2.89. The highest BCUT2D eigenvalue weighted by Crippen LogP contribution is 2.36. The molecule has 6 heteroatoms. The van der Waals surface area contributed by atoms with Crippen LogP contribution in [0.1, 0.15) is 24.8 Å². The van der Waals surface area contributed by atoms with Crippen LogP contribution in [0.2, 0.25) is 0 Å². The van der Waals surface area contributed by atoms with E-state index in [4.69, 9.17) is 4.42 Å². The summed E-state index contributed by atoms with van der Waals surface area (Å²) in [5, 5.41) is 2.87. The van der Waals surface area contributed by atoms with Crippen LogP contribution in [0, 0.1) is 0 Å². The van der Waals surface area contributed by atoms with Crippen LogP contribution >= 0.6 is 0 Å². The Bertz CT molecular complexity index is 641. The summed E-state index contributed by atoms with van der Waals surface area (Å²) in [5.74, 6) is -3.59. The zero-order valence-electron chi connectivity index (χ0n) is 10.2. The number of hydrogen-bond donors (Lipinski definition) is 2.